The highest BCUT2D eigenvalue weighted by Crippen LogP contribution is 2.26. The molecule has 3 aromatic rings. The highest BCUT2D eigenvalue weighted by Gasteiger charge is 2.26. The van der Waals surface area contributed by atoms with Gasteiger partial charge in [-0.05, 0) is 40.8 Å². The smallest absolute Gasteiger partial charge is 0.254 e. The maximum atomic E-state index is 12.8. The average molecular weight is 475 g/mol. The second-order valence-corrected chi connectivity index (χ2v) is 9.75. The number of hydrogen-bond donors (Lipinski definition) is 0. The van der Waals surface area contributed by atoms with Crippen LogP contribution in [-0.2, 0) is 5.41 Å². The third kappa shape index (κ3) is 5.32. The molecule has 0 bridgehead atoms. The molecule has 7 heteroatoms. The molecule has 0 aliphatic carbocycles. The second kappa shape index (κ2) is 9.74. The van der Waals surface area contributed by atoms with Gasteiger partial charge in [0.05, 0.1) is 0 Å². The van der Waals surface area contributed by atoms with Gasteiger partial charge in [0.1, 0.15) is 6.07 Å². The van der Waals surface area contributed by atoms with Gasteiger partial charge in [-0.25, -0.2) is 0 Å². The Balaban J connectivity index is 1.43. The van der Waals surface area contributed by atoms with Gasteiger partial charge >= 0.3 is 0 Å². The summed E-state index contributed by atoms with van der Waals surface area (Å²) in [6, 6.07) is 17.4. The first-order valence-corrected chi connectivity index (χ1v) is 11.6. The van der Waals surface area contributed by atoms with Crippen molar-refractivity contribution in [3.63, 3.8) is 0 Å². The summed E-state index contributed by atoms with van der Waals surface area (Å²) in [5.41, 5.74) is 3.21. The number of nitrogens with zero attached hydrogens (tertiary/aromatic N) is 4. The van der Waals surface area contributed by atoms with E-state index in [1.54, 1.807) is 35.2 Å². The van der Waals surface area contributed by atoms with Crippen molar-refractivity contribution in [2.45, 2.75) is 26.2 Å². The molecule has 0 unspecified atom stereocenters. The Morgan fingerprint density at radius 2 is 1.79 bits per heavy atom. The number of piperazine rings is 1. The van der Waals surface area contributed by atoms with E-state index in [4.69, 9.17) is 16.0 Å². The monoisotopic (exact) mass is 474 g/mol. The number of aromatic nitrogens is 1. The predicted molar refractivity (Wildman–Crippen MR) is 135 cm³/mol. The van der Waals surface area contributed by atoms with E-state index < -0.39 is 0 Å². The third-order valence-electron chi connectivity index (χ3n) is 5.85. The van der Waals surface area contributed by atoms with Crippen LogP contribution in [0.15, 0.2) is 52.9 Å². The van der Waals surface area contributed by atoms with E-state index in [-0.39, 0.29) is 17.0 Å². The Bertz CT molecular complexity index is 1240. The van der Waals surface area contributed by atoms with E-state index in [0.717, 1.165) is 5.56 Å². The maximum absolute atomic E-state index is 12.8. The molecule has 1 aromatic heterocycles. The molecular formula is C27H27ClN4O2. The average Bonchev–Trinajstić information content (AvgIpc) is 3.25. The number of carbonyl (C=O) groups excluding carboxylic acids is 1. The lowest BCUT2D eigenvalue weighted by Gasteiger charge is -2.34. The van der Waals surface area contributed by atoms with E-state index in [2.05, 4.69) is 56.1 Å². The van der Waals surface area contributed by atoms with E-state index in [1.807, 2.05) is 11.0 Å². The third-order valence-corrected chi connectivity index (χ3v) is 6.09. The van der Waals surface area contributed by atoms with Gasteiger partial charge in [0.2, 0.25) is 17.5 Å². The molecule has 0 atom stereocenters. The minimum absolute atomic E-state index is 0.0543. The summed E-state index contributed by atoms with van der Waals surface area (Å²) in [6.07, 6.45) is 3.69. The maximum Gasteiger partial charge on any atom is 0.254 e. The van der Waals surface area contributed by atoms with Crippen LogP contribution >= 0.6 is 11.6 Å². The zero-order valence-electron chi connectivity index (χ0n) is 19.6. The topological polar surface area (TPSA) is 73.4 Å². The Morgan fingerprint density at radius 1 is 1.09 bits per heavy atom. The van der Waals surface area contributed by atoms with Crippen LogP contribution in [0.5, 0.6) is 0 Å². The summed E-state index contributed by atoms with van der Waals surface area (Å²) in [4.78, 5) is 20.9. The SMILES string of the molecule is CC(C)(C)c1ccc(/C=C/c2nc(C#N)c(N3CCN(C(=O)c4cccc(Cl)c4)CC3)o2)cc1. The number of nitriles is 1. The molecule has 6 nitrogen and oxygen atoms in total. The Morgan fingerprint density at radius 3 is 2.41 bits per heavy atom. The fourth-order valence-electron chi connectivity index (χ4n) is 3.87. The standard InChI is InChI=1S/C27H27ClN4O2/c1-27(2,3)21-10-7-19(8-11-21)9-12-24-30-23(18-29)26(34-24)32-15-13-31(14-16-32)25(33)20-5-4-6-22(28)17-20/h4-12,17H,13-16H2,1-3H3/b12-9+. The lowest BCUT2D eigenvalue weighted by molar-refractivity contribution is 0.0745. The predicted octanol–water partition coefficient (Wildman–Crippen LogP) is 5.63. The van der Waals surface area contributed by atoms with Crippen molar-refractivity contribution in [3.05, 3.63) is 81.8 Å². The summed E-state index contributed by atoms with van der Waals surface area (Å²) in [5.74, 6) is 0.769. The summed E-state index contributed by atoms with van der Waals surface area (Å²) in [6.45, 7) is 8.68. The summed E-state index contributed by atoms with van der Waals surface area (Å²) >= 11 is 6.02. The molecule has 34 heavy (non-hydrogen) atoms. The van der Waals surface area contributed by atoms with Crippen molar-refractivity contribution >= 4 is 35.5 Å². The molecule has 174 valence electrons. The van der Waals surface area contributed by atoms with Gasteiger partial charge < -0.3 is 14.2 Å². The van der Waals surface area contributed by atoms with Gasteiger partial charge in [-0.15, -0.1) is 0 Å². The molecule has 1 aliphatic rings. The largest absolute Gasteiger partial charge is 0.420 e. The number of oxazole rings is 1. The van der Waals surface area contributed by atoms with Crippen LogP contribution in [0.1, 0.15) is 53.8 Å². The van der Waals surface area contributed by atoms with Crippen LogP contribution in [0.3, 0.4) is 0 Å². The molecule has 1 aliphatic heterocycles. The molecule has 0 saturated carbocycles. The van der Waals surface area contributed by atoms with Gasteiger partial charge in [0.25, 0.3) is 5.91 Å². The van der Waals surface area contributed by atoms with E-state index in [9.17, 15) is 10.1 Å². The Hall–Kier alpha value is -3.56. The number of amides is 1. The van der Waals surface area contributed by atoms with Gasteiger partial charge in [-0.1, -0.05) is 62.7 Å². The summed E-state index contributed by atoms with van der Waals surface area (Å²) in [7, 11) is 0. The number of anilines is 1. The molecule has 2 heterocycles. The van der Waals surface area contributed by atoms with Crippen LogP contribution in [0.2, 0.25) is 5.02 Å². The lowest BCUT2D eigenvalue weighted by Crippen LogP contribution is -2.48. The van der Waals surface area contributed by atoms with E-state index in [1.165, 1.54) is 5.56 Å². The fraction of sp³-hybridized carbons (Fsp3) is 0.296. The van der Waals surface area contributed by atoms with Crippen LogP contribution in [0, 0.1) is 11.3 Å². The zero-order chi connectivity index (χ0) is 24.3. The number of hydrogen-bond acceptors (Lipinski definition) is 5. The lowest BCUT2D eigenvalue weighted by atomic mass is 9.87. The minimum Gasteiger partial charge on any atom is -0.420 e. The molecular weight excluding hydrogens is 448 g/mol. The van der Waals surface area contributed by atoms with Gasteiger partial charge in [-0.3, -0.25) is 4.79 Å². The van der Waals surface area contributed by atoms with Crippen LogP contribution < -0.4 is 4.90 Å². The molecule has 0 spiro atoms. The molecule has 1 fully saturated rings. The molecule has 1 saturated heterocycles. The van der Waals surface area contributed by atoms with Crippen molar-refractivity contribution in [2.24, 2.45) is 0 Å². The van der Waals surface area contributed by atoms with Gasteiger partial charge in [0.15, 0.2) is 0 Å². The highest BCUT2D eigenvalue weighted by atomic mass is 35.5. The van der Waals surface area contributed by atoms with Crippen molar-refractivity contribution in [1.82, 2.24) is 9.88 Å². The van der Waals surface area contributed by atoms with E-state index in [0.29, 0.717) is 48.5 Å². The summed E-state index contributed by atoms with van der Waals surface area (Å²) in [5, 5.41) is 10.1. The van der Waals surface area contributed by atoms with Gasteiger partial charge in [-0.2, -0.15) is 10.2 Å². The fourth-order valence-corrected chi connectivity index (χ4v) is 4.06. The first kappa shape index (κ1) is 23.6. The first-order valence-electron chi connectivity index (χ1n) is 11.2. The normalized spacial score (nSPS) is 14.4. The number of benzene rings is 2. The highest BCUT2D eigenvalue weighted by molar-refractivity contribution is 6.30. The molecule has 1 amide bonds. The number of halogens is 1. The van der Waals surface area contributed by atoms with Crippen molar-refractivity contribution in [2.75, 3.05) is 31.1 Å². The molecule has 4 rings (SSSR count). The zero-order valence-corrected chi connectivity index (χ0v) is 20.3. The number of carbonyl (C=O) groups is 1. The van der Waals surface area contributed by atoms with Gasteiger partial charge in [0, 0.05) is 42.8 Å². The van der Waals surface area contributed by atoms with E-state index >= 15 is 0 Å². The summed E-state index contributed by atoms with van der Waals surface area (Å²) < 4.78 is 5.93. The first-order chi connectivity index (χ1) is 16.2. The number of rotatable bonds is 4. The quantitative estimate of drug-likeness (QED) is 0.490. The molecule has 0 radical (unpaired) electrons. The Labute approximate surface area is 205 Å². The molecule has 0 N–H and O–H groups in total. The Kier molecular flexibility index (Phi) is 6.76. The van der Waals surface area contributed by atoms with Crippen molar-refractivity contribution in [1.29, 1.82) is 5.26 Å². The second-order valence-electron chi connectivity index (χ2n) is 9.31. The molecule has 2 aromatic carbocycles. The van der Waals surface area contributed by atoms with Crippen molar-refractivity contribution < 1.29 is 9.21 Å². The minimum atomic E-state index is -0.0543. The van der Waals surface area contributed by atoms with Crippen LogP contribution in [-0.4, -0.2) is 42.0 Å². The van der Waals surface area contributed by atoms with Crippen molar-refractivity contribution in [3.8, 4) is 6.07 Å². The van der Waals surface area contributed by atoms with Crippen LogP contribution in [0.4, 0.5) is 5.88 Å². The van der Waals surface area contributed by atoms with Crippen LogP contribution in [0.25, 0.3) is 12.2 Å².